The fraction of sp³-hybridized carbons (Fsp3) is 0.444. The zero-order valence-corrected chi connectivity index (χ0v) is 15.6. The van der Waals surface area contributed by atoms with Gasteiger partial charge in [-0.15, -0.1) is 23.7 Å². The number of nitro groups is 1. The van der Waals surface area contributed by atoms with Crippen molar-refractivity contribution in [2.24, 2.45) is 5.41 Å². The molecule has 3 heterocycles. The maximum atomic E-state index is 11.2. The zero-order chi connectivity index (χ0) is 16.6. The molecule has 134 valence electrons. The van der Waals surface area contributed by atoms with Crippen molar-refractivity contribution < 1.29 is 4.92 Å². The van der Waals surface area contributed by atoms with Gasteiger partial charge in [0.15, 0.2) is 0 Å². The molecule has 1 aromatic heterocycles. The van der Waals surface area contributed by atoms with Crippen LogP contribution in [0.3, 0.4) is 0 Å². The van der Waals surface area contributed by atoms with Gasteiger partial charge in [0.05, 0.1) is 10.5 Å². The van der Waals surface area contributed by atoms with Crippen LogP contribution in [-0.2, 0) is 6.54 Å². The summed E-state index contributed by atoms with van der Waals surface area (Å²) < 4.78 is 0. The summed E-state index contributed by atoms with van der Waals surface area (Å²) in [6.45, 7) is 5.57. The molecule has 1 aromatic carbocycles. The molecule has 0 saturated carbocycles. The first-order valence-electron chi connectivity index (χ1n) is 8.41. The third-order valence-corrected chi connectivity index (χ3v) is 6.36. The smallest absolute Gasteiger partial charge is 0.278 e. The molecule has 7 heteroatoms. The number of halogens is 1. The largest absolute Gasteiger partial charge is 0.316 e. The third kappa shape index (κ3) is 3.72. The number of thiophene rings is 1. The Morgan fingerprint density at radius 3 is 2.84 bits per heavy atom. The Bertz CT molecular complexity index is 758. The minimum absolute atomic E-state index is 0. The van der Waals surface area contributed by atoms with Crippen LogP contribution in [0.4, 0.5) is 5.69 Å². The average molecular weight is 380 g/mol. The normalized spacial score (nSPS) is 23.0. The molecule has 2 aromatic rings. The van der Waals surface area contributed by atoms with Gasteiger partial charge in [-0.05, 0) is 49.5 Å². The SMILES string of the molecule is Cl.O=[N+]([O-])c1ccccc1-c1ccc(CN2CCC3(CCNC3)C2)s1. The first-order valence-corrected chi connectivity index (χ1v) is 9.23. The van der Waals surface area contributed by atoms with Crippen molar-refractivity contribution in [3.05, 3.63) is 51.4 Å². The maximum Gasteiger partial charge on any atom is 0.278 e. The number of nitrogens with zero attached hydrogens (tertiary/aromatic N) is 2. The van der Waals surface area contributed by atoms with Crippen molar-refractivity contribution >= 4 is 29.4 Å². The molecule has 0 radical (unpaired) electrons. The quantitative estimate of drug-likeness (QED) is 0.645. The Balaban J connectivity index is 0.00000182. The van der Waals surface area contributed by atoms with Crippen LogP contribution in [0.1, 0.15) is 17.7 Å². The highest BCUT2D eigenvalue weighted by Gasteiger charge is 2.40. The summed E-state index contributed by atoms with van der Waals surface area (Å²) in [5, 5.41) is 14.7. The number of nitrogens with one attached hydrogen (secondary N) is 1. The number of hydrogen-bond donors (Lipinski definition) is 1. The van der Waals surface area contributed by atoms with E-state index >= 15 is 0 Å². The second-order valence-corrected chi connectivity index (χ2v) is 8.10. The highest BCUT2D eigenvalue weighted by Crippen LogP contribution is 2.38. The van der Waals surface area contributed by atoms with Crippen molar-refractivity contribution in [2.45, 2.75) is 19.4 Å². The van der Waals surface area contributed by atoms with Gasteiger partial charge in [0.2, 0.25) is 0 Å². The summed E-state index contributed by atoms with van der Waals surface area (Å²) in [5.41, 5.74) is 1.39. The molecule has 4 rings (SSSR count). The summed E-state index contributed by atoms with van der Waals surface area (Å²) in [4.78, 5) is 15.7. The number of benzene rings is 1. The summed E-state index contributed by atoms with van der Waals surface area (Å²) in [5.74, 6) is 0. The first-order chi connectivity index (χ1) is 11.7. The van der Waals surface area contributed by atoms with E-state index in [1.54, 1.807) is 23.5 Å². The highest BCUT2D eigenvalue weighted by molar-refractivity contribution is 7.15. The van der Waals surface area contributed by atoms with E-state index in [2.05, 4.69) is 16.3 Å². The van der Waals surface area contributed by atoms with Crippen LogP contribution in [-0.4, -0.2) is 36.0 Å². The van der Waals surface area contributed by atoms with Gasteiger partial charge in [0, 0.05) is 35.5 Å². The number of rotatable bonds is 4. The van der Waals surface area contributed by atoms with Crippen molar-refractivity contribution in [2.75, 3.05) is 26.2 Å². The van der Waals surface area contributed by atoms with E-state index < -0.39 is 0 Å². The van der Waals surface area contributed by atoms with E-state index in [-0.39, 0.29) is 23.0 Å². The summed E-state index contributed by atoms with van der Waals surface area (Å²) in [6, 6.07) is 11.1. The van der Waals surface area contributed by atoms with Crippen LogP contribution in [0.2, 0.25) is 0 Å². The number of likely N-dealkylation sites (tertiary alicyclic amines) is 1. The van der Waals surface area contributed by atoms with Crippen LogP contribution in [0, 0.1) is 15.5 Å². The second-order valence-electron chi connectivity index (χ2n) is 6.93. The van der Waals surface area contributed by atoms with E-state index in [0.717, 1.165) is 36.6 Å². The minimum atomic E-state index is -0.300. The summed E-state index contributed by atoms with van der Waals surface area (Å²) >= 11 is 1.67. The minimum Gasteiger partial charge on any atom is -0.316 e. The first kappa shape index (κ1) is 18.3. The molecule has 2 fully saturated rings. The number of nitro benzene ring substituents is 1. The maximum absolute atomic E-state index is 11.2. The molecule has 5 nitrogen and oxygen atoms in total. The second kappa shape index (κ2) is 7.41. The van der Waals surface area contributed by atoms with Gasteiger partial charge >= 0.3 is 0 Å². The predicted molar refractivity (Wildman–Crippen MR) is 103 cm³/mol. The lowest BCUT2D eigenvalue weighted by atomic mass is 9.87. The van der Waals surface area contributed by atoms with Gasteiger partial charge in [0.1, 0.15) is 0 Å². The Hall–Kier alpha value is -1.47. The van der Waals surface area contributed by atoms with E-state index in [1.165, 1.54) is 24.3 Å². The van der Waals surface area contributed by atoms with Gasteiger partial charge < -0.3 is 5.32 Å². The molecule has 1 unspecified atom stereocenters. The molecule has 0 bridgehead atoms. The number of para-hydroxylation sites is 1. The lowest BCUT2D eigenvalue weighted by Crippen LogP contribution is -2.28. The van der Waals surface area contributed by atoms with Crippen molar-refractivity contribution in [3.63, 3.8) is 0 Å². The fourth-order valence-corrected chi connectivity index (χ4v) is 5.06. The predicted octanol–water partition coefficient (Wildman–Crippen LogP) is 3.93. The lowest BCUT2D eigenvalue weighted by Gasteiger charge is -2.22. The Kier molecular flexibility index (Phi) is 5.43. The zero-order valence-electron chi connectivity index (χ0n) is 13.9. The molecule has 1 spiro atoms. The van der Waals surface area contributed by atoms with Gasteiger partial charge in [0.25, 0.3) is 5.69 Å². The Morgan fingerprint density at radius 1 is 1.24 bits per heavy atom. The lowest BCUT2D eigenvalue weighted by molar-refractivity contribution is -0.384. The number of hydrogen-bond acceptors (Lipinski definition) is 5. The standard InChI is InChI=1S/C18H21N3O2S.ClH/c22-21(23)16-4-2-1-3-15(16)17-6-5-14(24-17)11-20-10-8-18(13-20)7-9-19-12-18;/h1-6,19H,7-13H2;1H. The molecular weight excluding hydrogens is 358 g/mol. The molecule has 2 aliphatic rings. The van der Waals surface area contributed by atoms with Crippen LogP contribution >= 0.6 is 23.7 Å². The molecule has 0 aliphatic carbocycles. The molecule has 2 aliphatic heterocycles. The van der Waals surface area contributed by atoms with Crippen LogP contribution in [0.25, 0.3) is 10.4 Å². The van der Waals surface area contributed by atoms with Gasteiger partial charge in [-0.3, -0.25) is 15.0 Å². The summed E-state index contributed by atoms with van der Waals surface area (Å²) in [7, 11) is 0. The van der Waals surface area contributed by atoms with Crippen molar-refractivity contribution in [3.8, 4) is 10.4 Å². The molecule has 2 saturated heterocycles. The molecule has 25 heavy (non-hydrogen) atoms. The Morgan fingerprint density at radius 2 is 2.08 bits per heavy atom. The van der Waals surface area contributed by atoms with E-state index in [4.69, 9.17) is 0 Å². The van der Waals surface area contributed by atoms with Crippen LogP contribution < -0.4 is 5.32 Å². The van der Waals surface area contributed by atoms with Crippen LogP contribution in [0.5, 0.6) is 0 Å². The topological polar surface area (TPSA) is 58.4 Å². The van der Waals surface area contributed by atoms with Gasteiger partial charge in [-0.1, -0.05) is 12.1 Å². The Labute approximate surface area is 157 Å². The summed E-state index contributed by atoms with van der Waals surface area (Å²) in [6.07, 6.45) is 2.57. The van der Waals surface area contributed by atoms with Crippen molar-refractivity contribution in [1.29, 1.82) is 0 Å². The van der Waals surface area contributed by atoms with E-state index in [9.17, 15) is 10.1 Å². The fourth-order valence-electron chi connectivity index (χ4n) is 3.98. The van der Waals surface area contributed by atoms with E-state index in [0.29, 0.717) is 5.41 Å². The van der Waals surface area contributed by atoms with Gasteiger partial charge in [-0.2, -0.15) is 0 Å². The van der Waals surface area contributed by atoms with Gasteiger partial charge in [-0.25, -0.2) is 0 Å². The molecular formula is C18H22ClN3O2S. The molecule has 0 amide bonds. The highest BCUT2D eigenvalue weighted by atomic mass is 35.5. The van der Waals surface area contributed by atoms with Crippen molar-refractivity contribution in [1.82, 2.24) is 10.2 Å². The van der Waals surface area contributed by atoms with E-state index in [1.807, 2.05) is 18.2 Å². The van der Waals surface area contributed by atoms with Crippen LogP contribution in [0.15, 0.2) is 36.4 Å². The monoisotopic (exact) mass is 379 g/mol. The third-order valence-electron chi connectivity index (χ3n) is 5.26. The molecule has 1 atom stereocenters. The average Bonchev–Trinajstić information content (AvgIpc) is 3.31. The molecule has 1 N–H and O–H groups in total.